The summed E-state index contributed by atoms with van der Waals surface area (Å²) in [6.45, 7) is 10.2. The molecular formula is C15H24N2OS. The molecule has 0 heterocycles. The van der Waals surface area contributed by atoms with Gasteiger partial charge in [0.05, 0.1) is 5.75 Å². The van der Waals surface area contributed by atoms with Crippen LogP contribution in [0.3, 0.4) is 0 Å². The van der Waals surface area contributed by atoms with Crippen molar-refractivity contribution >= 4 is 23.4 Å². The maximum absolute atomic E-state index is 12.2. The standard InChI is InChI=1S/C15H24N2OS/c1-10(2)17(11(3)4)15(18)9-19-13-6-7-14(16)12(5)8-13/h6-8,10-11H,9,16H2,1-5H3. The van der Waals surface area contributed by atoms with E-state index in [2.05, 4.69) is 27.7 Å². The Bertz CT molecular complexity index is 436. The molecule has 0 aliphatic carbocycles. The van der Waals surface area contributed by atoms with Gasteiger partial charge >= 0.3 is 0 Å². The molecule has 0 unspecified atom stereocenters. The van der Waals surface area contributed by atoms with Crippen molar-refractivity contribution in [1.82, 2.24) is 4.90 Å². The monoisotopic (exact) mass is 280 g/mol. The van der Waals surface area contributed by atoms with Crippen LogP contribution in [-0.4, -0.2) is 28.6 Å². The smallest absolute Gasteiger partial charge is 0.233 e. The summed E-state index contributed by atoms with van der Waals surface area (Å²) < 4.78 is 0. The Morgan fingerprint density at radius 3 is 2.32 bits per heavy atom. The Kier molecular flexibility index (Phi) is 5.73. The topological polar surface area (TPSA) is 46.3 Å². The van der Waals surface area contributed by atoms with Crippen LogP contribution in [0, 0.1) is 6.92 Å². The van der Waals surface area contributed by atoms with Crippen molar-refractivity contribution in [1.29, 1.82) is 0 Å². The molecule has 1 amide bonds. The molecule has 0 bridgehead atoms. The third-order valence-corrected chi connectivity index (χ3v) is 3.98. The second kappa shape index (κ2) is 6.85. The third-order valence-electron chi connectivity index (χ3n) is 3.00. The van der Waals surface area contributed by atoms with Gasteiger partial charge in [0.2, 0.25) is 5.91 Å². The van der Waals surface area contributed by atoms with Crippen molar-refractivity contribution in [3.05, 3.63) is 23.8 Å². The lowest BCUT2D eigenvalue weighted by molar-refractivity contribution is -0.131. The molecule has 1 aromatic rings. The molecule has 106 valence electrons. The molecule has 0 atom stereocenters. The maximum Gasteiger partial charge on any atom is 0.233 e. The van der Waals surface area contributed by atoms with Gasteiger partial charge in [-0.1, -0.05) is 0 Å². The maximum atomic E-state index is 12.2. The molecule has 19 heavy (non-hydrogen) atoms. The summed E-state index contributed by atoms with van der Waals surface area (Å²) in [6.07, 6.45) is 0. The summed E-state index contributed by atoms with van der Waals surface area (Å²) in [5, 5.41) is 0. The van der Waals surface area contributed by atoms with Crippen LogP contribution in [0.15, 0.2) is 23.1 Å². The zero-order valence-corrected chi connectivity index (χ0v) is 13.3. The molecule has 1 aromatic carbocycles. The molecule has 4 heteroatoms. The lowest BCUT2D eigenvalue weighted by atomic mass is 10.2. The van der Waals surface area contributed by atoms with Crippen LogP contribution in [0.1, 0.15) is 33.3 Å². The number of rotatable bonds is 5. The normalized spacial score (nSPS) is 11.1. The number of hydrogen-bond acceptors (Lipinski definition) is 3. The van der Waals surface area contributed by atoms with Crippen LogP contribution in [0.25, 0.3) is 0 Å². The zero-order chi connectivity index (χ0) is 14.6. The Balaban J connectivity index is 2.65. The van der Waals surface area contributed by atoms with Crippen molar-refractivity contribution in [2.75, 3.05) is 11.5 Å². The van der Waals surface area contributed by atoms with E-state index in [0.29, 0.717) is 5.75 Å². The van der Waals surface area contributed by atoms with Gasteiger partial charge in [0.25, 0.3) is 0 Å². The van der Waals surface area contributed by atoms with E-state index in [9.17, 15) is 4.79 Å². The summed E-state index contributed by atoms with van der Waals surface area (Å²) >= 11 is 1.57. The summed E-state index contributed by atoms with van der Waals surface area (Å²) in [5.41, 5.74) is 7.64. The lowest BCUT2D eigenvalue weighted by Gasteiger charge is -2.30. The number of nitrogens with two attached hydrogens (primary N) is 1. The molecule has 0 aromatic heterocycles. The molecule has 0 saturated heterocycles. The molecule has 3 nitrogen and oxygen atoms in total. The predicted molar refractivity (Wildman–Crippen MR) is 83.4 cm³/mol. The summed E-state index contributed by atoms with van der Waals surface area (Å²) in [4.78, 5) is 15.2. The minimum Gasteiger partial charge on any atom is -0.399 e. The summed E-state index contributed by atoms with van der Waals surface area (Å²) in [5.74, 6) is 0.657. The van der Waals surface area contributed by atoms with Crippen molar-refractivity contribution in [3.63, 3.8) is 0 Å². The second-order valence-electron chi connectivity index (χ2n) is 5.30. The zero-order valence-electron chi connectivity index (χ0n) is 12.4. The van der Waals surface area contributed by atoms with Gasteiger partial charge < -0.3 is 10.6 Å². The van der Waals surface area contributed by atoms with Crippen molar-refractivity contribution in [2.45, 2.75) is 51.6 Å². The molecule has 0 fully saturated rings. The number of hydrogen-bond donors (Lipinski definition) is 1. The van der Waals surface area contributed by atoms with E-state index in [0.717, 1.165) is 16.1 Å². The molecular weight excluding hydrogens is 256 g/mol. The second-order valence-corrected chi connectivity index (χ2v) is 6.34. The first-order chi connectivity index (χ1) is 8.82. The predicted octanol–water partition coefficient (Wildman–Crippen LogP) is 3.31. The first-order valence-electron chi connectivity index (χ1n) is 6.63. The van der Waals surface area contributed by atoms with Gasteiger partial charge in [-0.05, 0) is 58.4 Å². The van der Waals surface area contributed by atoms with E-state index >= 15 is 0 Å². The number of benzene rings is 1. The van der Waals surface area contributed by atoms with Gasteiger partial charge in [0, 0.05) is 22.7 Å². The third kappa shape index (κ3) is 4.46. The fraction of sp³-hybridized carbons (Fsp3) is 0.533. The fourth-order valence-electron chi connectivity index (χ4n) is 2.13. The highest BCUT2D eigenvalue weighted by molar-refractivity contribution is 8.00. The molecule has 2 N–H and O–H groups in total. The quantitative estimate of drug-likeness (QED) is 0.665. The molecule has 0 spiro atoms. The Labute approximate surface area is 120 Å². The van der Waals surface area contributed by atoms with Crippen LogP contribution >= 0.6 is 11.8 Å². The highest BCUT2D eigenvalue weighted by atomic mass is 32.2. The van der Waals surface area contributed by atoms with Gasteiger partial charge in [-0.15, -0.1) is 11.8 Å². The number of nitrogen functional groups attached to an aromatic ring is 1. The van der Waals surface area contributed by atoms with E-state index in [4.69, 9.17) is 5.73 Å². The van der Waals surface area contributed by atoms with Crippen LogP contribution in [0.4, 0.5) is 5.69 Å². The number of nitrogens with zero attached hydrogens (tertiary/aromatic N) is 1. The number of thioether (sulfide) groups is 1. The highest BCUT2D eigenvalue weighted by Gasteiger charge is 2.19. The average Bonchev–Trinajstić information content (AvgIpc) is 2.29. The lowest BCUT2D eigenvalue weighted by Crippen LogP contribution is -2.43. The Hall–Kier alpha value is -1.16. The van der Waals surface area contributed by atoms with Gasteiger partial charge in [0.15, 0.2) is 0 Å². The van der Waals surface area contributed by atoms with Crippen molar-refractivity contribution < 1.29 is 4.79 Å². The number of carbonyl (C=O) groups is 1. The molecule has 1 rings (SSSR count). The molecule has 0 aliphatic heterocycles. The van der Waals surface area contributed by atoms with Crippen LogP contribution in [0.5, 0.6) is 0 Å². The minimum atomic E-state index is 0.185. The van der Waals surface area contributed by atoms with Gasteiger partial charge in [-0.25, -0.2) is 0 Å². The van der Waals surface area contributed by atoms with Crippen molar-refractivity contribution in [2.24, 2.45) is 0 Å². The fourth-order valence-corrected chi connectivity index (χ4v) is 2.99. The number of anilines is 1. The van der Waals surface area contributed by atoms with Crippen LogP contribution < -0.4 is 5.73 Å². The average molecular weight is 280 g/mol. The first kappa shape index (κ1) is 15.9. The van der Waals surface area contributed by atoms with Crippen LogP contribution in [-0.2, 0) is 4.79 Å². The van der Waals surface area contributed by atoms with E-state index in [1.54, 1.807) is 11.8 Å². The summed E-state index contributed by atoms with van der Waals surface area (Å²) in [7, 11) is 0. The van der Waals surface area contributed by atoms with Gasteiger partial charge in [-0.3, -0.25) is 4.79 Å². The largest absolute Gasteiger partial charge is 0.399 e. The van der Waals surface area contributed by atoms with Gasteiger partial charge in [-0.2, -0.15) is 0 Å². The number of aryl methyl sites for hydroxylation is 1. The first-order valence-corrected chi connectivity index (χ1v) is 7.61. The van der Waals surface area contributed by atoms with Crippen LogP contribution in [0.2, 0.25) is 0 Å². The minimum absolute atomic E-state index is 0.185. The Morgan fingerprint density at radius 2 is 1.84 bits per heavy atom. The molecule has 0 aliphatic rings. The SMILES string of the molecule is Cc1cc(SCC(=O)N(C(C)C)C(C)C)ccc1N. The van der Waals surface area contributed by atoms with E-state index in [-0.39, 0.29) is 18.0 Å². The molecule has 0 radical (unpaired) electrons. The molecule has 0 saturated carbocycles. The summed E-state index contributed by atoms with van der Waals surface area (Å²) in [6, 6.07) is 6.37. The van der Waals surface area contributed by atoms with E-state index in [1.807, 2.05) is 30.0 Å². The Morgan fingerprint density at radius 1 is 1.26 bits per heavy atom. The van der Waals surface area contributed by atoms with E-state index in [1.165, 1.54) is 0 Å². The number of amides is 1. The van der Waals surface area contributed by atoms with E-state index < -0.39 is 0 Å². The van der Waals surface area contributed by atoms with Gasteiger partial charge in [0.1, 0.15) is 0 Å². The van der Waals surface area contributed by atoms with Crippen molar-refractivity contribution in [3.8, 4) is 0 Å². The highest BCUT2D eigenvalue weighted by Crippen LogP contribution is 2.23. The number of carbonyl (C=O) groups excluding carboxylic acids is 1.